The van der Waals surface area contributed by atoms with E-state index in [4.69, 9.17) is 34.3 Å². The van der Waals surface area contributed by atoms with Gasteiger partial charge in [0.1, 0.15) is 16.5 Å². The molecule has 0 spiro atoms. The Bertz CT molecular complexity index is 786. The summed E-state index contributed by atoms with van der Waals surface area (Å²) in [5, 5.41) is 0.498. The van der Waals surface area contributed by atoms with Gasteiger partial charge in [0.15, 0.2) is 9.84 Å². The van der Waals surface area contributed by atoms with Crippen molar-refractivity contribution in [3.8, 4) is 11.5 Å². The Labute approximate surface area is 133 Å². The lowest BCUT2D eigenvalue weighted by Gasteiger charge is -2.11. The van der Waals surface area contributed by atoms with Crippen LogP contribution < -0.4 is 10.5 Å². The Morgan fingerprint density at radius 1 is 1.19 bits per heavy atom. The predicted molar refractivity (Wildman–Crippen MR) is 87.0 cm³/mol. The largest absolute Gasteiger partial charge is 0.457 e. The maximum atomic E-state index is 11.4. The normalized spacial score (nSPS) is 11.1. The van der Waals surface area contributed by atoms with Crippen molar-refractivity contribution in [2.75, 3.05) is 6.26 Å². The number of halogens is 1. The molecule has 2 aromatic carbocycles. The number of rotatable bonds is 4. The second-order valence-electron chi connectivity index (χ2n) is 4.35. The molecule has 0 saturated carbocycles. The van der Waals surface area contributed by atoms with Crippen molar-refractivity contribution in [1.82, 2.24) is 0 Å². The minimum absolute atomic E-state index is 0.167. The third-order valence-corrected chi connectivity index (χ3v) is 4.27. The van der Waals surface area contributed by atoms with Gasteiger partial charge in [-0.2, -0.15) is 0 Å². The maximum absolute atomic E-state index is 11.4. The van der Waals surface area contributed by atoms with Gasteiger partial charge in [0.25, 0.3) is 0 Å². The zero-order chi connectivity index (χ0) is 15.6. The lowest BCUT2D eigenvalue weighted by Crippen LogP contribution is -2.10. The third-order valence-electron chi connectivity index (χ3n) is 2.69. The summed E-state index contributed by atoms with van der Waals surface area (Å²) in [5.74, 6) is 0.932. The van der Waals surface area contributed by atoms with Crippen molar-refractivity contribution < 1.29 is 13.2 Å². The molecule has 0 saturated heterocycles. The van der Waals surface area contributed by atoms with Crippen molar-refractivity contribution in [2.45, 2.75) is 4.90 Å². The minimum atomic E-state index is -3.23. The van der Waals surface area contributed by atoms with Crippen LogP contribution in [0.5, 0.6) is 11.5 Å². The first-order chi connectivity index (χ1) is 9.77. The molecular weight excluding hydrogens is 330 g/mol. The zero-order valence-corrected chi connectivity index (χ0v) is 13.4. The Morgan fingerprint density at radius 3 is 2.33 bits per heavy atom. The van der Waals surface area contributed by atoms with Gasteiger partial charge in [-0.25, -0.2) is 8.42 Å². The molecule has 0 fully saturated rings. The summed E-state index contributed by atoms with van der Waals surface area (Å²) in [6, 6.07) is 11.0. The first-order valence-corrected chi connectivity index (χ1v) is 8.52. The summed E-state index contributed by atoms with van der Waals surface area (Å²) >= 11 is 10.9. The Morgan fingerprint density at radius 2 is 1.81 bits per heavy atom. The van der Waals surface area contributed by atoms with Crippen LogP contribution in [0.2, 0.25) is 5.02 Å². The van der Waals surface area contributed by atoms with Crippen LogP contribution >= 0.6 is 23.8 Å². The number of hydrogen-bond donors (Lipinski definition) is 1. The molecule has 0 heterocycles. The van der Waals surface area contributed by atoms with Crippen LogP contribution in [-0.4, -0.2) is 19.7 Å². The van der Waals surface area contributed by atoms with Crippen LogP contribution in [0.4, 0.5) is 0 Å². The highest BCUT2D eigenvalue weighted by Crippen LogP contribution is 2.28. The van der Waals surface area contributed by atoms with E-state index in [0.717, 1.165) is 6.26 Å². The van der Waals surface area contributed by atoms with Gasteiger partial charge in [-0.15, -0.1) is 0 Å². The Hall–Kier alpha value is -1.63. The topological polar surface area (TPSA) is 69.4 Å². The predicted octanol–water partition coefficient (Wildman–Crippen LogP) is 3.17. The van der Waals surface area contributed by atoms with Gasteiger partial charge in [0.2, 0.25) is 0 Å². The molecule has 0 bridgehead atoms. The second-order valence-corrected chi connectivity index (χ2v) is 7.24. The molecule has 110 valence electrons. The highest BCUT2D eigenvalue weighted by molar-refractivity contribution is 7.90. The molecule has 2 N–H and O–H groups in total. The maximum Gasteiger partial charge on any atom is 0.175 e. The van der Waals surface area contributed by atoms with E-state index >= 15 is 0 Å². The fraction of sp³-hybridized carbons (Fsp3) is 0.0714. The molecule has 0 aliphatic carbocycles. The van der Waals surface area contributed by atoms with Gasteiger partial charge < -0.3 is 10.5 Å². The van der Waals surface area contributed by atoms with Crippen LogP contribution in [0.1, 0.15) is 5.56 Å². The highest BCUT2D eigenvalue weighted by atomic mass is 35.5. The highest BCUT2D eigenvalue weighted by Gasteiger charge is 2.10. The summed E-state index contributed by atoms with van der Waals surface area (Å²) in [6.07, 6.45) is 1.15. The van der Waals surface area contributed by atoms with E-state index in [1.165, 1.54) is 12.1 Å². The smallest absolute Gasteiger partial charge is 0.175 e. The number of sulfone groups is 1. The molecule has 21 heavy (non-hydrogen) atoms. The van der Waals surface area contributed by atoms with E-state index in [-0.39, 0.29) is 9.88 Å². The number of nitrogens with two attached hydrogens (primary N) is 1. The summed E-state index contributed by atoms with van der Waals surface area (Å²) in [5.41, 5.74) is 6.15. The lowest BCUT2D eigenvalue weighted by molar-refractivity contribution is 0.481. The molecule has 7 heteroatoms. The van der Waals surface area contributed by atoms with Gasteiger partial charge in [0.05, 0.1) is 10.5 Å². The molecule has 0 unspecified atom stereocenters. The van der Waals surface area contributed by atoms with Crippen LogP contribution in [0.15, 0.2) is 47.4 Å². The quantitative estimate of drug-likeness (QED) is 0.865. The van der Waals surface area contributed by atoms with Crippen LogP contribution in [0.25, 0.3) is 0 Å². The summed E-state index contributed by atoms with van der Waals surface area (Å²) < 4.78 is 28.5. The molecule has 0 aliphatic rings. The van der Waals surface area contributed by atoms with Gasteiger partial charge >= 0.3 is 0 Å². The first kappa shape index (κ1) is 15.8. The molecule has 0 aliphatic heterocycles. The van der Waals surface area contributed by atoms with Gasteiger partial charge in [-0.1, -0.05) is 23.8 Å². The standard InChI is InChI=1S/C14H12ClNO3S2/c1-21(17,18)11-5-3-10(4-6-11)19-13-7-2-9(15)8-12(13)14(16)20/h2-8H,1H3,(H2,16,20). The number of benzene rings is 2. The average molecular weight is 342 g/mol. The fourth-order valence-corrected chi connectivity index (χ4v) is 2.63. The van der Waals surface area contributed by atoms with Gasteiger partial charge in [0, 0.05) is 11.3 Å². The minimum Gasteiger partial charge on any atom is -0.457 e. The van der Waals surface area contributed by atoms with E-state index in [0.29, 0.717) is 22.1 Å². The third kappa shape index (κ3) is 3.93. The van der Waals surface area contributed by atoms with Gasteiger partial charge in [-0.05, 0) is 42.5 Å². The molecular formula is C14H12ClNO3S2. The second kappa shape index (κ2) is 6.01. The van der Waals surface area contributed by atoms with E-state index in [9.17, 15) is 8.42 Å². The van der Waals surface area contributed by atoms with E-state index in [1.54, 1.807) is 30.3 Å². The summed E-state index contributed by atoms with van der Waals surface area (Å²) in [7, 11) is -3.23. The van der Waals surface area contributed by atoms with Crippen LogP contribution in [0.3, 0.4) is 0 Å². The molecule has 0 aromatic heterocycles. The van der Waals surface area contributed by atoms with Crippen molar-refractivity contribution >= 4 is 38.6 Å². The molecule has 4 nitrogen and oxygen atoms in total. The molecule has 2 rings (SSSR count). The monoisotopic (exact) mass is 341 g/mol. The van der Waals surface area contributed by atoms with E-state index in [1.807, 2.05) is 0 Å². The summed E-state index contributed by atoms with van der Waals surface area (Å²) in [4.78, 5) is 0.390. The number of ether oxygens (including phenoxy) is 1. The molecule has 0 amide bonds. The number of thiocarbonyl (C=S) groups is 1. The van der Waals surface area contributed by atoms with Crippen molar-refractivity contribution in [2.24, 2.45) is 5.73 Å². The first-order valence-electron chi connectivity index (χ1n) is 5.85. The van der Waals surface area contributed by atoms with E-state index in [2.05, 4.69) is 0 Å². The fourth-order valence-electron chi connectivity index (χ4n) is 1.67. The van der Waals surface area contributed by atoms with Crippen LogP contribution in [0, 0.1) is 0 Å². The summed E-state index contributed by atoms with van der Waals surface area (Å²) in [6.45, 7) is 0. The lowest BCUT2D eigenvalue weighted by atomic mass is 10.2. The van der Waals surface area contributed by atoms with Gasteiger partial charge in [-0.3, -0.25) is 0 Å². The van der Waals surface area contributed by atoms with E-state index < -0.39 is 9.84 Å². The molecule has 0 radical (unpaired) electrons. The zero-order valence-electron chi connectivity index (χ0n) is 11.0. The molecule has 2 aromatic rings. The van der Waals surface area contributed by atoms with Crippen molar-refractivity contribution in [1.29, 1.82) is 0 Å². The molecule has 0 atom stereocenters. The van der Waals surface area contributed by atoms with Crippen molar-refractivity contribution in [3.05, 3.63) is 53.1 Å². The SMILES string of the molecule is CS(=O)(=O)c1ccc(Oc2ccc(Cl)cc2C(N)=S)cc1. The average Bonchev–Trinajstić information content (AvgIpc) is 2.40. The van der Waals surface area contributed by atoms with Crippen LogP contribution in [-0.2, 0) is 9.84 Å². The van der Waals surface area contributed by atoms with Crippen molar-refractivity contribution in [3.63, 3.8) is 0 Å². The number of hydrogen-bond acceptors (Lipinski definition) is 4. The Balaban J connectivity index is 2.33. The Kier molecular flexibility index (Phi) is 4.51.